The SMILES string of the molecule is CCC(Cl)C(=O)c1cccc(C)c1Cl. The Kier molecular flexibility index (Phi) is 3.97. The zero-order valence-corrected chi connectivity index (χ0v) is 9.69. The lowest BCUT2D eigenvalue weighted by atomic mass is 10.0. The van der Waals surface area contributed by atoms with E-state index >= 15 is 0 Å². The van der Waals surface area contributed by atoms with Gasteiger partial charge in [0.1, 0.15) is 0 Å². The normalized spacial score (nSPS) is 12.6. The molecule has 0 saturated carbocycles. The predicted molar refractivity (Wildman–Crippen MR) is 60.5 cm³/mol. The van der Waals surface area contributed by atoms with E-state index in [1.54, 1.807) is 6.07 Å². The first-order valence-corrected chi connectivity index (χ1v) is 5.32. The fraction of sp³-hybridized carbons (Fsp3) is 0.364. The molecule has 0 radical (unpaired) electrons. The highest BCUT2D eigenvalue weighted by molar-refractivity contribution is 6.39. The largest absolute Gasteiger partial charge is 0.292 e. The van der Waals surface area contributed by atoms with Crippen molar-refractivity contribution in [1.29, 1.82) is 0 Å². The molecule has 1 unspecified atom stereocenters. The molecule has 0 aliphatic rings. The van der Waals surface area contributed by atoms with Gasteiger partial charge in [-0.1, -0.05) is 30.7 Å². The molecule has 1 aromatic carbocycles. The Bertz CT molecular complexity index is 347. The minimum Gasteiger partial charge on any atom is -0.292 e. The summed E-state index contributed by atoms with van der Waals surface area (Å²) in [4.78, 5) is 11.7. The number of Topliss-reactive ketones (excluding diaryl/α,β-unsaturated/α-hetero) is 1. The molecule has 1 aromatic rings. The molecule has 1 rings (SSSR count). The number of carbonyl (C=O) groups is 1. The molecule has 14 heavy (non-hydrogen) atoms. The fourth-order valence-electron chi connectivity index (χ4n) is 1.19. The van der Waals surface area contributed by atoms with E-state index in [1.807, 2.05) is 26.0 Å². The van der Waals surface area contributed by atoms with E-state index in [-0.39, 0.29) is 5.78 Å². The average molecular weight is 231 g/mol. The molecule has 0 spiro atoms. The van der Waals surface area contributed by atoms with E-state index < -0.39 is 5.38 Å². The number of rotatable bonds is 3. The molecule has 0 N–H and O–H groups in total. The smallest absolute Gasteiger partial charge is 0.182 e. The summed E-state index contributed by atoms with van der Waals surface area (Å²) in [5.74, 6) is -0.0946. The van der Waals surface area contributed by atoms with Gasteiger partial charge < -0.3 is 0 Å². The Balaban J connectivity index is 3.07. The molecule has 0 heterocycles. The Hall–Kier alpha value is -0.530. The minimum absolute atomic E-state index is 0.0946. The van der Waals surface area contributed by atoms with Crippen molar-refractivity contribution in [3.05, 3.63) is 34.3 Å². The van der Waals surface area contributed by atoms with Crippen LogP contribution in [-0.4, -0.2) is 11.2 Å². The van der Waals surface area contributed by atoms with Gasteiger partial charge in [-0.2, -0.15) is 0 Å². The summed E-state index contributed by atoms with van der Waals surface area (Å²) >= 11 is 11.9. The van der Waals surface area contributed by atoms with Crippen LogP contribution >= 0.6 is 23.2 Å². The first-order valence-electron chi connectivity index (χ1n) is 4.51. The summed E-state index contributed by atoms with van der Waals surface area (Å²) < 4.78 is 0. The third kappa shape index (κ3) is 2.28. The van der Waals surface area contributed by atoms with Crippen molar-refractivity contribution in [2.75, 3.05) is 0 Å². The number of aryl methyl sites for hydroxylation is 1. The number of hydrogen-bond acceptors (Lipinski definition) is 1. The highest BCUT2D eigenvalue weighted by atomic mass is 35.5. The lowest BCUT2D eigenvalue weighted by Crippen LogP contribution is -2.14. The Morgan fingerprint density at radius 3 is 2.71 bits per heavy atom. The van der Waals surface area contributed by atoms with E-state index in [1.165, 1.54) is 0 Å². The molecule has 1 atom stereocenters. The van der Waals surface area contributed by atoms with Crippen molar-refractivity contribution >= 4 is 29.0 Å². The zero-order chi connectivity index (χ0) is 10.7. The molecule has 0 saturated heterocycles. The lowest BCUT2D eigenvalue weighted by molar-refractivity contribution is 0.0986. The van der Waals surface area contributed by atoms with Crippen LogP contribution in [0.15, 0.2) is 18.2 Å². The third-order valence-electron chi connectivity index (χ3n) is 2.10. The van der Waals surface area contributed by atoms with Gasteiger partial charge in [-0.05, 0) is 25.0 Å². The fourth-order valence-corrected chi connectivity index (χ4v) is 1.53. The van der Waals surface area contributed by atoms with Crippen molar-refractivity contribution < 1.29 is 4.79 Å². The quantitative estimate of drug-likeness (QED) is 0.570. The molecule has 1 nitrogen and oxygen atoms in total. The van der Waals surface area contributed by atoms with Crippen LogP contribution in [0.3, 0.4) is 0 Å². The standard InChI is InChI=1S/C11H12Cl2O/c1-3-9(12)11(14)8-6-4-5-7(2)10(8)13/h4-6,9H,3H2,1-2H3. The summed E-state index contributed by atoms with van der Waals surface area (Å²) in [6, 6.07) is 5.39. The topological polar surface area (TPSA) is 17.1 Å². The maximum Gasteiger partial charge on any atom is 0.182 e. The van der Waals surface area contributed by atoms with Crippen LogP contribution in [0.25, 0.3) is 0 Å². The number of ketones is 1. The molecule has 0 bridgehead atoms. The predicted octanol–water partition coefficient (Wildman–Crippen LogP) is 3.85. The zero-order valence-electron chi connectivity index (χ0n) is 8.18. The Morgan fingerprint density at radius 2 is 2.14 bits per heavy atom. The van der Waals surface area contributed by atoms with Gasteiger partial charge in [0, 0.05) is 5.56 Å². The second-order valence-electron chi connectivity index (χ2n) is 3.18. The van der Waals surface area contributed by atoms with Crippen molar-refractivity contribution in [2.45, 2.75) is 25.6 Å². The maximum atomic E-state index is 11.7. The van der Waals surface area contributed by atoms with E-state index in [0.717, 1.165) is 5.56 Å². The van der Waals surface area contributed by atoms with Gasteiger partial charge in [-0.3, -0.25) is 4.79 Å². The van der Waals surface area contributed by atoms with Gasteiger partial charge in [0.15, 0.2) is 5.78 Å². The number of benzene rings is 1. The van der Waals surface area contributed by atoms with Crippen LogP contribution < -0.4 is 0 Å². The van der Waals surface area contributed by atoms with Crippen molar-refractivity contribution in [3.8, 4) is 0 Å². The second kappa shape index (κ2) is 4.81. The summed E-state index contributed by atoms with van der Waals surface area (Å²) in [5.41, 5.74) is 1.42. The van der Waals surface area contributed by atoms with Crippen LogP contribution in [0, 0.1) is 6.92 Å². The maximum absolute atomic E-state index is 11.7. The highest BCUT2D eigenvalue weighted by Crippen LogP contribution is 2.23. The van der Waals surface area contributed by atoms with Crippen LogP contribution in [0.2, 0.25) is 5.02 Å². The lowest BCUT2D eigenvalue weighted by Gasteiger charge is -2.08. The molecule has 0 aliphatic carbocycles. The Morgan fingerprint density at radius 1 is 1.50 bits per heavy atom. The van der Waals surface area contributed by atoms with Gasteiger partial charge in [0.25, 0.3) is 0 Å². The third-order valence-corrected chi connectivity index (χ3v) is 3.11. The van der Waals surface area contributed by atoms with Gasteiger partial charge in [-0.25, -0.2) is 0 Å². The molecule has 0 fully saturated rings. The summed E-state index contributed by atoms with van der Waals surface area (Å²) in [6.45, 7) is 3.74. The molecule has 0 amide bonds. The average Bonchev–Trinajstić information content (AvgIpc) is 2.20. The second-order valence-corrected chi connectivity index (χ2v) is 4.08. The molecule has 3 heteroatoms. The van der Waals surface area contributed by atoms with Crippen molar-refractivity contribution in [3.63, 3.8) is 0 Å². The van der Waals surface area contributed by atoms with Gasteiger partial charge in [0.2, 0.25) is 0 Å². The number of halogens is 2. The first-order chi connectivity index (χ1) is 6.57. The molecule has 76 valence electrons. The number of alkyl halides is 1. The van der Waals surface area contributed by atoms with E-state index in [2.05, 4.69) is 0 Å². The number of carbonyl (C=O) groups excluding carboxylic acids is 1. The van der Waals surface area contributed by atoms with Gasteiger partial charge >= 0.3 is 0 Å². The molecule has 0 aromatic heterocycles. The van der Waals surface area contributed by atoms with E-state index in [0.29, 0.717) is 17.0 Å². The summed E-state index contributed by atoms with van der Waals surface area (Å²) in [6.07, 6.45) is 0.616. The van der Waals surface area contributed by atoms with Crippen LogP contribution in [-0.2, 0) is 0 Å². The molecular weight excluding hydrogens is 219 g/mol. The summed E-state index contributed by atoms with van der Waals surface area (Å²) in [7, 11) is 0. The summed E-state index contributed by atoms with van der Waals surface area (Å²) in [5, 5.41) is 0.0332. The van der Waals surface area contributed by atoms with Crippen LogP contribution in [0.1, 0.15) is 29.3 Å². The van der Waals surface area contributed by atoms with Gasteiger partial charge in [0.05, 0.1) is 10.4 Å². The molecule has 0 aliphatic heterocycles. The van der Waals surface area contributed by atoms with Crippen molar-refractivity contribution in [1.82, 2.24) is 0 Å². The van der Waals surface area contributed by atoms with Crippen molar-refractivity contribution in [2.24, 2.45) is 0 Å². The molecular formula is C11H12Cl2O. The minimum atomic E-state index is -0.478. The first kappa shape index (κ1) is 11.5. The highest BCUT2D eigenvalue weighted by Gasteiger charge is 2.18. The van der Waals surface area contributed by atoms with Crippen LogP contribution in [0.5, 0.6) is 0 Å². The number of hydrogen-bond donors (Lipinski definition) is 0. The van der Waals surface area contributed by atoms with E-state index in [4.69, 9.17) is 23.2 Å². The van der Waals surface area contributed by atoms with E-state index in [9.17, 15) is 4.79 Å². The van der Waals surface area contributed by atoms with Crippen LogP contribution in [0.4, 0.5) is 0 Å². The van der Waals surface area contributed by atoms with Gasteiger partial charge in [-0.15, -0.1) is 11.6 Å². The Labute approximate surface area is 94.0 Å². The monoisotopic (exact) mass is 230 g/mol.